The van der Waals surface area contributed by atoms with Crippen molar-refractivity contribution in [2.24, 2.45) is 0 Å². The Balaban J connectivity index is 1.59. The van der Waals surface area contributed by atoms with E-state index in [2.05, 4.69) is 0 Å². The third-order valence-corrected chi connectivity index (χ3v) is 5.79. The second-order valence-electron chi connectivity index (χ2n) is 6.03. The molecule has 0 radical (unpaired) electrons. The van der Waals surface area contributed by atoms with E-state index in [1.807, 2.05) is 0 Å². The lowest BCUT2D eigenvalue weighted by Crippen LogP contribution is -2.27. The molecule has 4 rings (SSSR count). The molecule has 0 spiro atoms. The summed E-state index contributed by atoms with van der Waals surface area (Å²) in [6.07, 6.45) is 1.41. The van der Waals surface area contributed by atoms with E-state index in [9.17, 15) is 19.7 Å². The molecule has 1 fully saturated rings. The number of imide groups is 1. The summed E-state index contributed by atoms with van der Waals surface area (Å²) < 4.78 is 10.5. The number of thioether (sulfide) groups is 1. The first kappa shape index (κ1) is 19.6. The van der Waals surface area contributed by atoms with Crippen LogP contribution < -0.4 is 9.47 Å². The van der Waals surface area contributed by atoms with Crippen LogP contribution in [0.25, 0.3) is 6.08 Å². The molecule has 0 bridgehead atoms. The Morgan fingerprint density at radius 2 is 1.86 bits per heavy atom. The average Bonchev–Trinajstić information content (AvgIpc) is 3.22. The number of nitro benzene ring substituents is 1. The molecule has 0 unspecified atom stereocenters. The lowest BCUT2D eigenvalue weighted by Gasteiger charge is -2.14. The zero-order valence-corrected chi connectivity index (χ0v) is 16.7. The molecule has 2 aliphatic rings. The van der Waals surface area contributed by atoms with Crippen LogP contribution in [0.5, 0.6) is 11.5 Å². The van der Waals surface area contributed by atoms with Crippen LogP contribution in [-0.4, -0.2) is 27.8 Å². The van der Waals surface area contributed by atoms with Gasteiger partial charge in [0.1, 0.15) is 5.02 Å². The van der Waals surface area contributed by atoms with Crippen LogP contribution in [0.2, 0.25) is 10.0 Å². The fourth-order valence-corrected chi connectivity index (χ4v) is 4.04. The number of nitro groups is 1. The van der Waals surface area contributed by atoms with Crippen molar-refractivity contribution in [1.29, 1.82) is 0 Å². The van der Waals surface area contributed by atoms with Gasteiger partial charge in [0.2, 0.25) is 6.79 Å². The molecule has 8 nitrogen and oxygen atoms in total. The summed E-state index contributed by atoms with van der Waals surface area (Å²) in [4.78, 5) is 36.7. The van der Waals surface area contributed by atoms with Gasteiger partial charge < -0.3 is 9.47 Å². The number of halogens is 2. The maximum atomic E-state index is 12.7. The number of ether oxygens (including phenoxy) is 2. The van der Waals surface area contributed by atoms with Gasteiger partial charge in [-0.3, -0.25) is 24.6 Å². The minimum Gasteiger partial charge on any atom is -0.454 e. The van der Waals surface area contributed by atoms with Gasteiger partial charge in [0, 0.05) is 17.2 Å². The Bertz CT molecular complexity index is 1100. The highest BCUT2D eigenvalue weighted by Gasteiger charge is 2.36. The lowest BCUT2D eigenvalue weighted by atomic mass is 10.1. The topological polar surface area (TPSA) is 99.0 Å². The van der Waals surface area contributed by atoms with Gasteiger partial charge in [0.15, 0.2) is 11.5 Å². The van der Waals surface area contributed by atoms with E-state index in [1.54, 1.807) is 12.1 Å². The van der Waals surface area contributed by atoms with Crippen LogP contribution in [-0.2, 0) is 11.3 Å². The molecule has 2 aromatic carbocycles. The molecule has 0 aromatic heterocycles. The maximum absolute atomic E-state index is 12.7. The second kappa shape index (κ2) is 7.58. The van der Waals surface area contributed by atoms with Gasteiger partial charge in [-0.2, -0.15) is 0 Å². The first-order valence-electron chi connectivity index (χ1n) is 8.11. The summed E-state index contributed by atoms with van der Waals surface area (Å²) in [5, 5.41) is 10.9. The molecular weight excluding hydrogens is 443 g/mol. The van der Waals surface area contributed by atoms with Crippen LogP contribution in [0.15, 0.2) is 35.2 Å². The zero-order valence-electron chi connectivity index (χ0n) is 14.4. The Hall–Kier alpha value is -2.75. The standard InChI is InChI=1S/C18H10Cl2N2O6S/c19-11-2-1-9(3-13(11)22(25)26)4-16-17(23)21(18(24)29-16)7-10-5-14-15(6-12(10)20)28-8-27-14/h1-6H,7-8H2/b16-4-. The summed E-state index contributed by atoms with van der Waals surface area (Å²) >= 11 is 12.8. The Labute approximate surface area is 178 Å². The number of benzene rings is 2. The molecule has 0 aliphatic carbocycles. The highest BCUT2D eigenvalue weighted by Crippen LogP contribution is 2.39. The Morgan fingerprint density at radius 1 is 1.14 bits per heavy atom. The fraction of sp³-hybridized carbons (Fsp3) is 0.111. The van der Waals surface area contributed by atoms with Crippen LogP contribution in [0.3, 0.4) is 0 Å². The van der Waals surface area contributed by atoms with Crippen molar-refractivity contribution in [1.82, 2.24) is 4.90 Å². The summed E-state index contributed by atoms with van der Waals surface area (Å²) in [7, 11) is 0. The molecule has 29 heavy (non-hydrogen) atoms. The van der Waals surface area contributed by atoms with Gasteiger partial charge in [-0.1, -0.05) is 29.3 Å². The van der Waals surface area contributed by atoms with Crippen molar-refractivity contribution >= 4 is 57.9 Å². The molecule has 2 aromatic rings. The van der Waals surface area contributed by atoms with E-state index in [1.165, 1.54) is 24.3 Å². The second-order valence-corrected chi connectivity index (χ2v) is 7.84. The van der Waals surface area contributed by atoms with Gasteiger partial charge >= 0.3 is 0 Å². The van der Waals surface area contributed by atoms with Gasteiger partial charge in [0.25, 0.3) is 16.8 Å². The van der Waals surface area contributed by atoms with Crippen molar-refractivity contribution in [2.45, 2.75) is 6.54 Å². The smallest absolute Gasteiger partial charge is 0.293 e. The first-order chi connectivity index (χ1) is 13.8. The van der Waals surface area contributed by atoms with E-state index in [-0.39, 0.29) is 29.0 Å². The molecule has 2 heterocycles. The maximum Gasteiger partial charge on any atom is 0.293 e. The number of hydrogen-bond donors (Lipinski definition) is 0. The molecule has 0 N–H and O–H groups in total. The average molecular weight is 453 g/mol. The minimum atomic E-state index is -0.618. The van der Waals surface area contributed by atoms with Gasteiger partial charge in [-0.05, 0) is 41.1 Å². The first-order valence-corrected chi connectivity index (χ1v) is 9.68. The largest absolute Gasteiger partial charge is 0.454 e. The number of fused-ring (bicyclic) bond motifs is 1. The number of nitrogens with zero attached hydrogens (tertiary/aromatic N) is 2. The SMILES string of the molecule is O=C1S/C(=C\c2ccc(Cl)c([N+](=O)[O-])c2)C(=O)N1Cc1cc2c(cc1Cl)OCO2. The van der Waals surface area contributed by atoms with Gasteiger partial charge in [-0.15, -0.1) is 0 Å². The van der Waals surface area contributed by atoms with Crippen molar-refractivity contribution in [2.75, 3.05) is 6.79 Å². The minimum absolute atomic E-state index is 0.0160. The van der Waals surface area contributed by atoms with Gasteiger partial charge in [-0.25, -0.2) is 0 Å². The highest BCUT2D eigenvalue weighted by molar-refractivity contribution is 8.18. The quantitative estimate of drug-likeness (QED) is 0.370. The third-order valence-electron chi connectivity index (χ3n) is 4.21. The Kier molecular flexibility index (Phi) is 5.12. The van der Waals surface area contributed by atoms with E-state index in [0.717, 1.165) is 16.7 Å². The lowest BCUT2D eigenvalue weighted by molar-refractivity contribution is -0.384. The summed E-state index contributed by atoms with van der Waals surface area (Å²) in [5.74, 6) is 0.462. The monoisotopic (exact) mass is 452 g/mol. The van der Waals surface area contributed by atoms with E-state index < -0.39 is 16.1 Å². The molecule has 2 aliphatic heterocycles. The highest BCUT2D eigenvalue weighted by atomic mass is 35.5. The van der Waals surface area contributed by atoms with Crippen molar-refractivity contribution in [3.05, 3.63) is 66.5 Å². The summed E-state index contributed by atoms with van der Waals surface area (Å²) in [6, 6.07) is 7.33. The zero-order chi connectivity index (χ0) is 20.7. The van der Waals surface area contributed by atoms with Crippen LogP contribution in [0.4, 0.5) is 10.5 Å². The predicted molar refractivity (Wildman–Crippen MR) is 107 cm³/mol. The van der Waals surface area contributed by atoms with Crippen molar-refractivity contribution < 1.29 is 24.0 Å². The third kappa shape index (κ3) is 3.76. The van der Waals surface area contributed by atoms with Crippen LogP contribution in [0, 0.1) is 10.1 Å². The van der Waals surface area contributed by atoms with Crippen LogP contribution >= 0.6 is 35.0 Å². The molecule has 0 atom stereocenters. The molecule has 0 saturated carbocycles. The molecule has 148 valence electrons. The summed E-state index contributed by atoms with van der Waals surface area (Å²) in [5.41, 5.74) is 0.626. The van der Waals surface area contributed by atoms with Crippen molar-refractivity contribution in [3.63, 3.8) is 0 Å². The number of carbonyl (C=O) groups excluding carboxylic acids is 2. The van der Waals surface area contributed by atoms with E-state index in [4.69, 9.17) is 32.7 Å². The normalized spacial score (nSPS) is 16.8. The fourth-order valence-electron chi connectivity index (χ4n) is 2.80. The Morgan fingerprint density at radius 3 is 2.59 bits per heavy atom. The van der Waals surface area contributed by atoms with E-state index >= 15 is 0 Å². The molecule has 1 saturated heterocycles. The number of amides is 2. The van der Waals surface area contributed by atoms with Crippen LogP contribution in [0.1, 0.15) is 11.1 Å². The predicted octanol–water partition coefficient (Wildman–Crippen LogP) is 4.87. The van der Waals surface area contributed by atoms with Gasteiger partial charge in [0.05, 0.1) is 16.4 Å². The number of hydrogen-bond acceptors (Lipinski definition) is 7. The molecular formula is C18H10Cl2N2O6S. The molecule has 2 amide bonds. The molecule has 11 heteroatoms. The number of rotatable bonds is 4. The number of carbonyl (C=O) groups is 2. The summed E-state index contributed by atoms with van der Waals surface area (Å²) in [6.45, 7) is 0.0326. The van der Waals surface area contributed by atoms with Crippen molar-refractivity contribution in [3.8, 4) is 11.5 Å². The van der Waals surface area contributed by atoms with E-state index in [0.29, 0.717) is 27.6 Å².